The van der Waals surface area contributed by atoms with Crippen molar-refractivity contribution < 1.29 is 38.9 Å². The number of H-pyrrole nitrogens is 2. The van der Waals surface area contributed by atoms with E-state index in [0.29, 0.717) is 4.90 Å². The van der Waals surface area contributed by atoms with Crippen molar-refractivity contribution in [1.29, 1.82) is 0 Å². The van der Waals surface area contributed by atoms with Crippen LogP contribution in [0.3, 0.4) is 0 Å². The molecule has 2 aromatic rings. The molecule has 4 atom stereocenters. The van der Waals surface area contributed by atoms with Crippen LogP contribution in [0.4, 0.5) is 10.5 Å². The monoisotopic (exact) mass is 574 g/mol. The number of nitrogens with two attached hydrogens (primary N) is 1. The molecule has 4 amide bonds. The minimum atomic E-state index is -1.73. The lowest BCUT2D eigenvalue weighted by Gasteiger charge is -2.50. The first-order valence-corrected chi connectivity index (χ1v) is 12.5. The standard InChI is InChI=1S/C23H22N6O10S/c1-9(30)39-18(14-19(34)29-12(21(35)36)6-7-40-20(14)29)26-17(33)15(10-2-4-11(31)5-3-10)28(22(24)37)13-8-25-23(38)27-16(13)32/h2-6,8,14-15,18,20,31H,7H2,1H3,(H2,24,37)(H,26,33)(H,35,36)(H2,25,27,32,38)/t14?,15?,18?,20-/m0/s1. The van der Waals surface area contributed by atoms with Gasteiger partial charge in [-0.15, -0.1) is 11.8 Å². The van der Waals surface area contributed by atoms with Crippen molar-refractivity contribution in [3.63, 3.8) is 0 Å². The lowest BCUT2D eigenvalue weighted by Crippen LogP contribution is -2.68. The summed E-state index contributed by atoms with van der Waals surface area (Å²) in [4.78, 5) is 92.6. The van der Waals surface area contributed by atoms with Crippen LogP contribution < -0.4 is 27.2 Å². The van der Waals surface area contributed by atoms with Crippen LogP contribution in [0.25, 0.3) is 0 Å². The number of esters is 1. The van der Waals surface area contributed by atoms with Crippen LogP contribution in [-0.4, -0.2) is 72.2 Å². The van der Waals surface area contributed by atoms with Crippen LogP contribution >= 0.6 is 11.8 Å². The van der Waals surface area contributed by atoms with Gasteiger partial charge in [-0.1, -0.05) is 12.1 Å². The number of nitrogens with zero attached hydrogens (tertiary/aromatic N) is 2. The number of carboxylic acid groups (broad SMARTS) is 1. The summed E-state index contributed by atoms with van der Waals surface area (Å²) in [7, 11) is 0. The highest BCUT2D eigenvalue weighted by molar-refractivity contribution is 8.00. The Morgan fingerprint density at radius 3 is 2.45 bits per heavy atom. The molecule has 4 rings (SSSR count). The molecule has 16 nitrogen and oxygen atoms in total. The Kier molecular flexibility index (Phi) is 7.67. The summed E-state index contributed by atoms with van der Waals surface area (Å²) in [6.45, 7) is 1.03. The highest BCUT2D eigenvalue weighted by Crippen LogP contribution is 2.43. The van der Waals surface area contributed by atoms with Gasteiger partial charge in [-0.2, -0.15) is 0 Å². The van der Waals surface area contributed by atoms with E-state index in [4.69, 9.17) is 10.5 Å². The van der Waals surface area contributed by atoms with E-state index in [1.165, 1.54) is 42.1 Å². The zero-order valence-corrected chi connectivity index (χ0v) is 21.3. The van der Waals surface area contributed by atoms with E-state index in [1.54, 1.807) is 0 Å². The predicted molar refractivity (Wildman–Crippen MR) is 137 cm³/mol. The fraction of sp³-hybridized carbons (Fsp3) is 0.261. The number of ether oxygens (including phenoxy) is 1. The maximum Gasteiger partial charge on any atom is 0.352 e. The van der Waals surface area contributed by atoms with Gasteiger partial charge < -0.3 is 31.0 Å². The number of aromatic amines is 2. The number of carboxylic acids is 1. The number of benzene rings is 1. The fourth-order valence-electron chi connectivity index (χ4n) is 4.35. The van der Waals surface area contributed by atoms with Gasteiger partial charge in [0.05, 0.1) is 0 Å². The van der Waals surface area contributed by atoms with Crippen LogP contribution in [0.5, 0.6) is 5.75 Å². The van der Waals surface area contributed by atoms with Gasteiger partial charge in [0.25, 0.3) is 11.5 Å². The molecule has 0 aliphatic carbocycles. The molecule has 0 radical (unpaired) electrons. The number of primary amides is 1. The van der Waals surface area contributed by atoms with E-state index in [0.717, 1.165) is 18.0 Å². The number of fused-ring (bicyclic) bond motifs is 1. The first-order valence-electron chi connectivity index (χ1n) is 11.5. The number of amides is 4. The van der Waals surface area contributed by atoms with Gasteiger partial charge in [-0.3, -0.25) is 34.0 Å². The van der Waals surface area contributed by atoms with Crippen molar-refractivity contribution in [2.45, 2.75) is 24.6 Å². The average Bonchev–Trinajstić information content (AvgIpc) is 2.87. The Hall–Kier alpha value is -5.06. The molecule has 1 saturated heterocycles. The number of thioether (sulfide) groups is 1. The third-order valence-electron chi connectivity index (χ3n) is 6.02. The lowest BCUT2D eigenvalue weighted by atomic mass is 9.93. The highest BCUT2D eigenvalue weighted by Gasteiger charge is 2.57. The van der Waals surface area contributed by atoms with Gasteiger partial charge in [0.1, 0.15) is 34.5 Å². The van der Waals surface area contributed by atoms with Gasteiger partial charge in [-0.25, -0.2) is 14.4 Å². The minimum Gasteiger partial charge on any atom is -0.508 e. The predicted octanol–water partition coefficient (Wildman–Crippen LogP) is -1.10. The number of hydrogen-bond acceptors (Lipinski definition) is 10. The SMILES string of the molecule is CC(=O)OC(NC(=O)C(c1ccc(O)cc1)N(C(N)=O)c1c[nH]c(=O)[nH]c1=O)C1C(=O)N2C(C(=O)O)=CCS[C@@H]12. The van der Waals surface area contributed by atoms with Crippen LogP contribution in [0.2, 0.25) is 0 Å². The van der Waals surface area contributed by atoms with Crippen molar-refractivity contribution in [3.8, 4) is 5.75 Å². The highest BCUT2D eigenvalue weighted by atomic mass is 32.2. The van der Waals surface area contributed by atoms with Crippen molar-refractivity contribution in [1.82, 2.24) is 20.2 Å². The Bertz CT molecular complexity index is 1530. The minimum absolute atomic E-state index is 0.0333. The van der Waals surface area contributed by atoms with E-state index in [1.807, 2.05) is 4.98 Å². The van der Waals surface area contributed by atoms with Gasteiger partial charge >= 0.3 is 23.7 Å². The molecule has 1 aromatic carbocycles. The van der Waals surface area contributed by atoms with Gasteiger partial charge in [0.2, 0.25) is 5.91 Å². The van der Waals surface area contributed by atoms with Crippen molar-refractivity contribution >= 4 is 47.2 Å². The number of nitrogens with one attached hydrogen (secondary N) is 3. The molecule has 210 valence electrons. The second-order valence-corrected chi connectivity index (χ2v) is 9.70. The molecule has 1 aromatic heterocycles. The molecular weight excluding hydrogens is 552 g/mol. The molecule has 0 spiro atoms. The van der Waals surface area contributed by atoms with E-state index in [9.17, 15) is 43.8 Å². The molecule has 2 aliphatic rings. The summed E-state index contributed by atoms with van der Waals surface area (Å²) < 4.78 is 5.24. The van der Waals surface area contributed by atoms with E-state index >= 15 is 0 Å². The van der Waals surface area contributed by atoms with Crippen LogP contribution in [-0.2, 0) is 23.9 Å². The molecule has 3 heterocycles. The van der Waals surface area contributed by atoms with Gasteiger partial charge in [0, 0.05) is 18.9 Å². The van der Waals surface area contributed by atoms with Crippen LogP contribution in [0.1, 0.15) is 18.5 Å². The summed E-state index contributed by atoms with van der Waals surface area (Å²) in [6.07, 6.45) is 0.606. The number of aromatic nitrogens is 2. The number of aromatic hydroxyl groups is 1. The Morgan fingerprint density at radius 2 is 1.88 bits per heavy atom. The fourth-order valence-corrected chi connectivity index (χ4v) is 5.63. The summed E-state index contributed by atoms with van der Waals surface area (Å²) >= 11 is 1.18. The molecule has 2 aliphatic heterocycles. The van der Waals surface area contributed by atoms with Crippen LogP contribution in [0.15, 0.2) is 51.8 Å². The number of phenols is 1. The zero-order chi connectivity index (χ0) is 29.3. The topological polar surface area (TPSA) is 245 Å². The quantitative estimate of drug-likeness (QED) is 0.125. The smallest absolute Gasteiger partial charge is 0.352 e. The average molecular weight is 575 g/mol. The largest absolute Gasteiger partial charge is 0.508 e. The maximum atomic E-state index is 13.8. The van der Waals surface area contributed by atoms with Gasteiger partial charge in [0.15, 0.2) is 6.23 Å². The number of phenolic OH excluding ortho intramolecular Hbond substituents is 1. The summed E-state index contributed by atoms with van der Waals surface area (Å²) in [5.41, 5.74) is 2.85. The summed E-state index contributed by atoms with van der Waals surface area (Å²) in [5, 5.41) is 20.8. The number of rotatable bonds is 8. The summed E-state index contributed by atoms with van der Waals surface area (Å²) in [6, 6.07) is 1.88. The molecule has 17 heteroatoms. The van der Waals surface area contributed by atoms with Crippen molar-refractivity contribution in [2.24, 2.45) is 11.7 Å². The van der Waals surface area contributed by atoms with Crippen molar-refractivity contribution in [3.05, 3.63) is 68.6 Å². The normalized spacial score (nSPS) is 19.3. The van der Waals surface area contributed by atoms with E-state index in [2.05, 4.69) is 10.3 Å². The molecule has 40 heavy (non-hydrogen) atoms. The Labute approximate surface area is 227 Å². The second-order valence-electron chi connectivity index (χ2n) is 8.55. The molecule has 1 fully saturated rings. The lowest BCUT2D eigenvalue weighted by molar-refractivity contribution is -0.170. The molecule has 7 N–H and O–H groups in total. The van der Waals surface area contributed by atoms with Crippen molar-refractivity contribution in [2.75, 3.05) is 10.7 Å². The Morgan fingerprint density at radius 1 is 1.20 bits per heavy atom. The number of β-lactam (4-membered cyclic amide) rings is 1. The number of anilines is 1. The van der Waals surface area contributed by atoms with Crippen LogP contribution in [0, 0.1) is 5.92 Å². The molecular formula is C23H22N6O10S. The van der Waals surface area contributed by atoms with E-state index in [-0.39, 0.29) is 22.8 Å². The number of aliphatic carboxylic acids is 1. The summed E-state index contributed by atoms with van der Waals surface area (Å²) in [5.74, 6) is -5.17. The number of carbonyl (C=O) groups is 5. The number of urea groups is 1. The maximum absolute atomic E-state index is 13.8. The molecule has 0 saturated carbocycles. The first-order chi connectivity index (χ1) is 18.9. The number of carbonyl (C=O) groups excluding carboxylic acids is 4. The first kappa shape index (κ1) is 28.0. The number of hydrogen-bond donors (Lipinski definition) is 6. The third kappa shape index (κ3) is 5.26. The van der Waals surface area contributed by atoms with E-state index < -0.39 is 70.3 Å². The molecule has 0 bridgehead atoms. The van der Waals surface area contributed by atoms with Gasteiger partial charge in [-0.05, 0) is 23.8 Å². The Balaban J connectivity index is 1.74. The third-order valence-corrected chi connectivity index (χ3v) is 7.23. The molecule has 3 unspecified atom stereocenters. The second kappa shape index (κ2) is 11.0. The zero-order valence-electron chi connectivity index (χ0n) is 20.5.